The summed E-state index contributed by atoms with van der Waals surface area (Å²) < 4.78 is 28.7. The summed E-state index contributed by atoms with van der Waals surface area (Å²) in [6.45, 7) is 0.0327. The molecule has 0 aliphatic carbocycles. The van der Waals surface area contributed by atoms with Crippen LogP contribution in [0.4, 0.5) is 9.18 Å². The number of hydrogen-bond donors (Lipinski definition) is 1. The van der Waals surface area contributed by atoms with Gasteiger partial charge in [0, 0.05) is 25.2 Å². The molecule has 168 valence electrons. The molecule has 2 aromatic rings. The highest BCUT2D eigenvalue weighted by molar-refractivity contribution is 8.18. The minimum Gasteiger partial charge on any atom is -0.496 e. The fourth-order valence-electron chi connectivity index (χ4n) is 2.99. The van der Waals surface area contributed by atoms with Crippen LogP contribution in [-0.2, 0) is 4.79 Å². The number of halogens is 1. The van der Waals surface area contributed by atoms with E-state index in [1.807, 2.05) is 0 Å². The average Bonchev–Trinajstić information content (AvgIpc) is 3.06. The quantitative estimate of drug-likeness (QED) is 0.604. The van der Waals surface area contributed by atoms with Crippen LogP contribution in [0.15, 0.2) is 41.3 Å². The second kappa shape index (κ2) is 10.2. The molecule has 2 aromatic carbocycles. The summed E-state index contributed by atoms with van der Waals surface area (Å²) in [5.41, 5.74) is 0.821. The van der Waals surface area contributed by atoms with E-state index in [4.69, 9.17) is 14.2 Å². The van der Waals surface area contributed by atoms with Crippen LogP contribution in [0.1, 0.15) is 15.9 Å². The molecule has 1 aliphatic rings. The van der Waals surface area contributed by atoms with Crippen LogP contribution in [0.25, 0.3) is 6.08 Å². The maximum absolute atomic E-state index is 13.0. The number of carbonyl (C=O) groups excluding carboxylic acids is 3. The zero-order valence-electron chi connectivity index (χ0n) is 17.6. The number of benzene rings is 2. The highest BCUT2D eigenvalue weighted by atomic mass is 32.2. The molecule has 1 heterocycles. The maximum atomic E-state index is 13.0. The number of hydrogen-bond acceptors (Lipinski definition) is 7. The molecule has 0 bridgehead atoms. The second-order valence-electron chi connectivity index (χ2n) is 6.55. The molecule has 0 unspecified atom stereocenters. The minimum absolute atomic E-state index is 0.00717. The number of amides is 3. The number of imide groups is 1. The lowest BCUT2D eigenvalue weighted by molar-refractivity contribution is -0.122. The maximum Gasteiger partial charge on any atom is 0.293 e. The second-order valence-corrected chi connectivity index (χ2v) is 7.54. The van der Waals surface area contributed by atoms with Crippen molar-refractivity contribution in [1.82, 2.24) is 10.2 Å². The molecule has 3 rings (SSSR count). The predicted molar refractivity (Wildman–Crippen MR) is 118 cm³/mol. The van der Waals surface area contributed by atoms with Crippen LogP contribution in [0.5, 0.6) is 17.2 Å². The Morgan fingerprint density at radius 3 is 2.28 bits per heavy atom. The largest absolute Gasteiger partial charge is 0.496 e. The van der Waals surface area contributed by atoms with Gasteiger partial charge in [-0.3, -0.25) is 19.3 Å². The van der Waals surface area contributed by atoms with Gasteiger partial charge in [0.15, 0.2) is 11.5 Å². The first-order chi connectivity index (χ1) is 15.4. The molecule has 3 amide bonds. The van der Waals surface area contributed by atoms with Gasteiger partial charge in [-0.05, 0) is 35.5 Å². The van der Waals surface area contributed by atoms with E-state index in [-0.39, 0.29) is 29.3 Å². The zero-order chi connectivity index (χ0) is 23.3. The van der Waals surface area contributed by atoms with Gasteiger partial charge in [0.2, 0.25) is 0 Å². The van der Waals surface area contributed by atoms with Crippen LogP contribution < -0.4 is 19.5 Å². The first-order valence-electron chi connectivity index (χ1n) is 9.47. The Balaban J connectivity index is 1.65. The van der Waals surface area contributed by atoms with Crippen LogP contribution in [0.2, 0.25) is 0 Å². The van der Waals surface area contributed by atoms with Crippen molar-refractivity contribution in [1.29, 1.82) is 0 Å². The molecule has 1 aliphatic heterocycles. The lowest BCUT2D eigenvalue weighted by atomic mass is 10.1. The highest BCUT2D eigenvalue weighted by Crippen LogP contribution is 2.35. The van der Waals surface area contributed by atoms with Crippen LogP contribution >= 0.6 is 11.8 Å². The zero-order valence-corrected chi connectivity index (χ0v) is 18.5. The monoisotopic (exact) mass is 460 g/mol. The summed E-state index contributed by atoms with van der Waals surface area (Å²) >= 11 is 0.793. The fourth-order valence-corrected chi connectivity index (χ4v) is 3.85. The van der Waals surface area contributed by atoms with E-state index < -0.39 is 22.9 Å². The minimum atomic E-state index is -0.470. The molecule has 0 atom stereocenters. The topological polar surface area (TPSA) is 94.2 Å². The lowest BCUT2D eigenvalue weighted by Gasteiger charge is -2.15. The molecule has 1 fully saturated rings. The predicted octanol–water partition coefficient (Wildman–Crippen LogP) is 3.32. The summed E-state index contributed by atoms with van der Waals surface area (Å²) in [6, 6.07) is 8.59. The molecule has 0 radical (unpaired) electrons. The summed E-state index contributed by atoms with van der Waals surface area (Å²) in [5, 5.41) is 2.23. The van der Waals surface area contributed by atoms with E-state index in [2.05, 4.69) is 5.32 Å². The van der Waals surface area contributed by atoms with E-state index >= 15 is 0 Å². The van der Waals surface area contributed by atoms with Gasteiger partial charge in [-0.15, -0.1) is 0 Å². The first kappa shape index (κ1) is 23.1. The van der Waals surface area contributed by atoms with E-state index in [0.29, 0.717) is 17.1 Å². The molecule has 0 saturated carbocycles. The Morgan fingerprint density at radius 2 is 1.66 bits per heavy atom. The van der Waals surface area contributed by atoms with Gasteiger partial charge < -0.3 is 19.5 Å². The summed E-state index contributed by atoms with van der Waals surface area (Å²) in [4.78, 5) is 38.7. The number of nitrogens with one attached hydrogen (secondary N) is 1. The third kappa shape index (κ3) is 5.02. The number of methoxy groups -OCH3 is 3. The number of rotatable bonds is 8. The van der Waals surface area contributed by atoms with Crippen LogP contribution in [-0.4, -0.2) is 56.4 Å². The Kier molecular flexibility index (Phi) is 7.37. The van der Waals surface area contributed by atoms with E-state index in [0.717, 1.165) is 16.7 Å². The Labute approximate surface area is 188 Å². The smallest absolute Gasteiger partial charge is 0.293 e. The summed E-state index contributed by atoms with van der Waals surface area (Å²) in [7, 11) is 4.34. The van der Waals surface area contributed by atoms with Crippen molar-refractivity contribution in [3.05, 3.63) is 58.2 Å². The van der Waals surface area contributed by atoms with Crippen molar-refractivity contribution >= 4 is 34.9 Å². The van der Waals surface area contributed by atoms with Crippen molar-refractivity contribution in [2.75, 3.05) is 34.4 Å². The van der Waals surface area contributed by atoms with Crippen molar-refractivity contribution < 1.29 is 33.0 Å². The molecule has 0 spiro atoms. The van der Waals surface area contributed by atoms with Crippen molar-refractivity contribution in [2.45, 2.75) is 0 Å². The van der Waals surface area contributed by atoms with E-state index in [9.17, 15) is 18.8 Å². The van der Waals surface area contributed by atoms with E-state index in [1.165, 1.54) is 63.8 Å². The Morgan fingerprint density at radius 1 is 1.03 bits per heavy atom. The van der Waals surface area contributed by atoms with Gasteiger partial charge in [-0.1, -0.05) is 12.1 Å². The van der Waals surface area contributed by atoms with Gasteiger partial charge in [0.1, 0.15) is 11.6 Å². The fraction of sp³-hybridized carbons (Fsp3) is 0.227. The van der Waals surface area contributed by atoms with Gasteiger partial charge in [0.25, 0.3) is 17.1 Å². The number of thioether (sulfide) groups is 1. The molecule has 8 nitrogen and oxygen atoms in total. The summed E-state index contributed by atoms with van der Waals surface area (Å²) in [5.74, 6) is -0.272. The van der Waals surface area contributed by atoms with E-state index in [1.54, 1.807) is 0 Å². The van der Waals surface area contributed by atoms with Crippen LogP contribution in [0, 0.1) is 5.82 Å². The van der Waals surface area contributed by atoms with Crippen molar-refractivity contribution in [3.8, 4) is 17.2 Å². The third-order valence-electron chi connectivity index (χ3n) is 4.61. The number of nitrogens with zero attached hydrogens (tertiary/aromatic N) is 1. The van der Waals surface area contributed by atoms with Gasteiger partial charge >= 0.3 is 0 Å². The molecular formula is C22H21FN2O6S. The van der Waals surface area contributed by atoms with Crippen molar-refractivity contribution in [2.24, 2.45) is 0 Å². The summed E-state index contributed by atoms with van der Waals surface area (Å²) in [6.07, 6.45) is 1.53. The molecule has 1 saturated heterocycles. The standard InChI is InChI=1S/C22H21FN2O6S/c1-29-16-12-18(31-3)17(30-2)11-15(16)20(26)24-8-9-25-21(27)19(32-22(25)28)10-13-4-6-14(23)7-5-13/h4-7,10-12H,8-9H2,1-3H3,(H,24,26). The highest BCUT2D eigenvalue weighted by Gasteiger charge is 2.34. The van der Waals surface area contributed by atoms with Gasteiger partial charge in [-0.25, -0.2) is 4.39 Å². The lowest BCUT2D eigenvalue weighted by Crippen LogP contribution is -2.37. The Bertz CT molecular complexity index is 1070. The SMILES string of the molecule is COc1cc(OC)c(C(=O)NCCN2C(=O)SC(=Cc3ccc(F)cc3)C2=O)cc1OC. The van der Waals surface area contributed by atoms with Crippen molar-refractivity contribution in [3.63, 3.8) is 0 Å². The van der Waals surface area contributed by atoms with Gasteiger partial charge in [-0.2, -0.15) is 0 Å². The number of ether oxygens (including phenoxy) is 3. The van der Waals surface area contributed by atoms with Gasteiger partial charge in [0.05, 0.1) is 31.8 Å². The van der Waals surface area contributed by atoms with Crippen LogP contribution in [0.3, 0.4) is 0 Å². The molecule has 0 aromatic heterocycles. The normalized spacial score (nSPS) is 14.6. The first-order valence-corrected chi connectivity index (χ1v) is 10.3. The molecule has 32 heavy (non-hydrogen) atoms. The molecule has 10 heteroatoms. The average molecular weight is 460 g/mol. The third-order valence-corrected chi connectivity index (χ3v) is 5.52. The Hall–Kier alpha value is -3.53. The number of carbonyl (C=O) groups is 3. The molecular weight excluding hydrogens is 439 g/mol. The molecule has 1 N–H and O–H groups in total.